The third-order valence-electron chi connectivity index (χ3n) is 2.12. The van der Waals surface area contributed by atoms with Crippen LogP contribution >= 0.6 is 12.6 Å². The molecular formula is C12H12O4S. The third-order valence-corrected chi connectivity index (χ3v) is 2.38. The molecule has 0 aliphatic rings. The first-order chi connectivity index (χ1) is 8.06. The first-order valence-electron chi connectivity index (χ1n) is 4.94. The van der Waals surface area contributed by atoms with Gasteiger partial charge in [-0.1, -0.05) is 12.2 Å². The summed E-state index contributed by atoms with van der Waals surface area (Å²) in [7, 11) is 0. The smallest absolute Gasteiger partial charge is 0.336 e. The lowest BCUT2D eigenvalue weighted by Crippen LogP contribution is -2.03. The molecule has 0 atom stereocenters. The molecule has 0 saturated carbocycles. The molecule has 1 aromatic carbocycles. The van der Waals surface area contributed by atoms with E-state index in [0.29, 0.717) is 17.7 Å². The molecule has 0 radical (unpaired) electrons. The van der Waals surface area contributed by atoms with Crippen LogP contribution in [0.15, 0.2) is 24.3 Å². The summed E-state index contributed by atoms with van der Waals surface area (Å²) in [6.07, 6.45) is 4.06. The van der Waals surface area contributed by atoms with E-state index in [-0.39, 0.29) is 11.1 Å². The van der Waals surface area contributed by atoms with Crippen LogP contribution in [-0.2, 0) is 0 Å². The summed E-state index contributed by atoms with van der Waals surface area (Å²) in [5.74, 6) is -1.50. The van der Waals surface area contributed by atoms with Crippen molar-refractivity contribution in [3.8, 4) is 0 Å². The van der Waals surface area contributed by atoms with Gasteiger partial charge in [-0.25, -0.2) is 9.59 Å². The van der Waals surface area contributed by atoms with Crippen LogP contribution < -0.4 is 0 Å². The number of hydrogen-bond acceptors (Lipinski definition) is 3. The van der Waals surface area contributed by atoms with Crippen LogP contribution in [0.1, 0.15) is 32.7 Å². The maximum atomic E-state index is 10.9. The Morgan fingerprint density at radius 3 is 2.47 bits per heavy atom. The number of benzene rings is 1. The molecule has 0 aromatic heterocycles. The van der Waals surface area contributed by atoms with E-state index in [1.54, 1.807) is 12.2 Å². The average molecular weight is 252 g/mol. The predicted octanol–water partition coefficient (Wildman–Crippen LogP) is 2.42. The van der Waals surface area contributed by atoms with E-state index < -0.39 is 11.9 Å². The topological polar surface area (TPSA) is 74.6 Å². The highest BCUT2D eigenvalue weighted by Gasteiger charge is 2.11. The van der Waals surface area contributed by atoms with E-state index in [0.717, 1.165) is 0 Å². The second kappa shape index (κ2) is 6.10. The molecular weight excluding hydrogens is 240 g/mol. The van der Waals surface area contributed by atoms with Crippen LogP contribution in [0.4, 0.5) is 0 Å². The van der Waals surface area contributed by atoms with Gasteiger partial charge < -0.3 is 10.2 Å². The predicted molar refractivity (Wildman–Crippen MR) is 67.9 cm³/mol. The Morgan fingerprint density at radius 2 is 1.94 bits per heavy atom. The van der Waals surface area contributed by atoms with E-state index in [1.165, 1.54) is 18.2 Å². The Labute approximate surface area is 104 Å². The van der Waals surface area contributed by atoms with Gasteiger partial charge in [-0.05, 0) is 35.9 Å². The lowest BCUT2D eigenvalue weighted by molar-refractivity contribution is 0.0681. The summed E-state index contributed by atoms with van der Waals surface area (Å²) < 4.78 is 0. The Bertz CT molecular complexity index is 466. The van der Waals surface area contributed by atoms with Crippen LogP contribution in [0.5, 0.6) is 0 Å². The molecule has 0 amide bonds. The number of carboxylic acid groups (broad SMARTS) is 2. The zero-order valence-corrected chi connectivity index (χ0v) is 9.85. The molecule has 90 valence electrons. The van der Waals surface area contributed by atoms with Gasteiger partial charge in [-0.3, -0.25) is 0 Å². The molecule has 0 aliphatic heterocycles. The molecule has 0 unspecified atom stereocenters. The zero-order chi connectivity index (χ0) is 12.8. The minimum atomic E-state index is -1.08. The molecule has 1 aromatic rings. The first kappa shape index (κ1) is 13.3. The van der Waals surface area contributed by atoms with Crippen molar-refractivity contribution in [3.05, 3.63) is 41.0 Å². The molecule has 0 saturated heterocycles. The number of carboxylic acids is 2. The van der Waals surface area contributed by atoms with Crippen LogP contribution in [0, 0.1) is 0 Å². The fourth-order valence-electron chi connectivity index (χ4n) is 1.31. The summed E-state index contributed by atoms with van der Waals surface area (Å²) in [5, 5.41) is 17.8. The van der Waals surface area contributed by atoms with E-state index >= 15 is 0 Å². The number of aromatic carboxylic acids is 2. The Kier molecular flexibility index (Phi) is 4.78. The number of hydrogen-bond donors (Lipinski definition) is 3. The van der Waals surface area contributed by atoms with Crippen LogP contribution in [0.25, 0.3) is 6.08 Å². The van der Waals surface area contributed by atoms with Crippen molar-refractivity contribution in [1.82, 2.24) is 0 Å². The highest BCUT2D eigenvalue weighted by Crippen LogP contribution is 2.15. The Hall–Kier alpha value is -1.75. The second-order valence-electron chi connectivity index (χ2n) is 3.33. The minimum Gasteiger partial charge on any atom is -0.478 e. The Morgan fingerprint density at radius 1 is 1.24 bits per heavy atom. The Balaban J connectivity index is 3.16. The third kappa shape index (κ3) is 3.64. The zero-order valence-electron chi connectivity index (χ0n) is 8.96. The van der Waals surface area contributed by atoms with E-state index in [9.17, 15) is 9.59 Å². The largest absolute Gasteiger partial charge is 0.478 e. The van der Waals surface area contributed by atoms with Crippen LogP contribution in [0.3, 0.4) is 0 Å². The van der Waals surface area contributed by atoms with Gasteiger partial charge in [0.15, 0.2) is 0 Å². The van der Waals surface area contributed by atoms with Gasteiger partial charge in [0.05, 0.1) is 11.1 Å². The van der Waals surface area contributed by atoms with Crippen molar-refractivity contribution >= 4 is 30.6 Å². The van der Waals surface area contributed by atoms with Crippen molar-refractivity contribution < 1.29 is 19.8 Å². The maximum absolute atomic E-state index is 10.9. The number of allylic oxidation sites excluding steroid dienone is 1. The van der Waals surface area contributed by atoms with E-state index in [1.807, 2.05) is 0 Å². The lowest BCUT2D eigenvalue weighted by Gasteiger charge is -2.03. The van der Waals surface area contributed by atoms with Crippen molar-refractivity contribution in [3.63, 3.8) is 0 Å². The molecule has 4 nitrogen and oxygen atoms in total. The minimum absolute atomic E-state index is 0.0699. The van der Waals surface area contributed by atoms with Gasteiger partial charge in [0.2, 0.25) is 0 Å². The average Bonchev–Trinajstić information content (AvgIpc) is 2.28. The van der Waals surface area contributed by atoms with E-state index in [4.69, 9.17) is 10.2 Å². The standard InChI is InChI=1S/C12H12O4S/c13-11(14)9-4-5-10(12(15)16)8(7-9)3-1-2-6-17/h1,3-5,7,17H,2,6H2,(H,13,14)(H,15,16). The van der Waals surface area contributed by atoms with Gasteiger partial charge >= 0.3 is 11.9 Å². The molecule has 0 heterocycles. The van der Waals surface area contributed by atoms with Gasteiger partial charge in [0.25, 0.3) is 0 Å². The molecule has 1 rings (SSSR count). The van der Waals surface area contributed by atoms with Gasteiger partial charge in [-0.2, -0.15) is 12.6 Å². The second-order valence-corrected chi connectivity index (χ2v) is 3.77. The number of carbonyl (C=O) groups is 2. The van der Waals surface area contributed by atoms with Crippen LogP contribution in [-0.4, -0.2) is 27.9 Å². The maximum Gasteiger partial charge on any atom is 0.336 e. The van der Waals surface area contributed by atoms with Gasteiger partial charge in [0, 0.05) is 0 Å². The normalized spacial score (nSPS) is 10.6. The first-order valence-corrected chi connectivity index (χ1v) is 5.57. The van der Waals surface area contributed by atoms with Crippen molar-refractivity contribution in [2.45, 2.75) is 6.42 Å². The summed E-state index contributed by atoms with van der Waals surface area (Å²) >= 11 is 4.02. The van der Waals surface area contributed by atoms with Crippen molar-refractivity contribution in [2.24, 2.45) is 0 Å². The van der Waals surface area contributed by atoms with Crippen molar-refractivity contribution in [2.75, 3.05) is 5.75 Å². The van der Waals surface area contributed by atoms with Crippen molar-refractivity contribution in [1.29, 1.82) is 0 Å². The SMILES string of the molecule is O=C(O)c1ccc(C(=O)O)c(C=CCCS)c1. The highest BCUT2D eigenvalue weighted by atomic mass is 32.1. The molecule has 0 bridgehead atoms. The molecule has 17 heavy (non-hydrogen) atoms. The molecule has 0 aliphatic carbocycles. The molecule has 0 fully saturated rings. The van der Waals surface area contributed by atoms with Gasteiger partial charge in [-0.15, -0.1) is 0 Å². The monoisotopic (exact) mass is 252 g/mol. The quantitative estimate of drug-likeness (QED) is 0.703. The molecule has 0 spiro atoms. The highest BCUT2D eigenvalue weighted by molar-refractivity contribution is 7.80. The van der Waals surface area contributed by atoms with Gasteiger partial charge in [0.1, 0.15) is 0 Å². The summed E-state index contributed by atoms with van der Waals surface area (Å²) in [6.45, 7) is 0. The summed E-state index contributed by atoms with van der Waals surface area (Å²) in [6, 6.07) is 3.93. The van der Waals surface area contributed by atoms with E-state index in [2.05, 4.69) is 12.6 Å². The lowest BCUT2D eigenvalue weighted by atomic mass is 10.0. The fraction of sp³-hybridized carbons (Fsp3) is 0.167. The number of rotatable bonds is 5. The van der Waals surface area contributed by atoms with Crippen LogP contribution in [0.2, 0.25) is 0 Å². The summed E-state index contributed by atoms with van der Waals surface area (Å²) in [4.78, 5) is 21.7. The molecule has 5 heteroatoms. The molecule has 2 N–H and O–H groups in total. The fourth-order valence-corrected chi connectivity index (χ4v) is 1.46. The summed E-state index contributed by atoms with van der Waals surface area (Å²) in [5.41, 5.74) is 0.546. The number of thiol groups is 1.